The van der Waals surface area contributed by atoms with E-state index in [1.165, 1.54) is 24.3 Å². The van der Waals surface area contributed by atoms with Crippen molar-refractivity contribution in [2.24, 2.45) is 5.10 Å². The van der Waals surface area contributed by atoms with E-state index in [9.17, 15) is 13.2 Å². The SMILES string of the molecule is C/C(=N\NC(=O)c1cccc(S(=O)(=O)Nc2ccc(C)cc2C)c1)c1cccnc1. The fourth-order valence-electron chi connectivity index (χ4n) is 2.78. The van der Waals surface area contributed by atoms with Gasteiger partial charge in [0.2, 0.25) is 0 Å². The fourth-order valence-corrected chi connectivity index (χ4v) is 3.95. The van der Waals surface area contributed by atoms with Gasteiger partial charge in [0.05, 0.1) is 16.3 Å². The van der Waals surface area contributed by atoms with Crippen LogP contribution in [-0.4, -0.2) is 25.0 Å². The van der Waals surface area contributed by atoms with Crippen molar-refractivity contribution in [3.63, 3.8) is 0 Å². The van der Waals surface area contributed by atoms with Gasteiger partial charge in [-0.3, -0.25) is 14.5 Å². The molecule has 2 N–H and O–H groups in total. The van der Waals surface area contributed by atoms with Crippen LogP contribution in [0.3, 0.4) is 0 Å². The smallest absolute Gasteiger partial charge is 0.271 e. The third-order valence-corrected chi connectivity index (χ3v) is 5.80. The van der Waals surface area contributed by atoms with Gasteiger partial charge in [0, 0.05) is 23.5 Å². The molecule has 3 aromatic rings. The zero-order chi connectivity index (χ0) is 21.7. The van der Waals surface area contributed by atoms with Gasteiger partial charge >= 0.3 is 0 Å². The first-order valence-corrected chi connectivity index (χ1v) is 10.7. The highest BCUT2D eigenvalue weighted by Crippen LogP contribution is 2.21. The normalized spacial score (nSPS) is 11.8. The van der Waals surface area contributed by atoms with Gasteiger partial charge in [-0.25, -0.2) is 13.8 Å². The molecular formula is C22H22N4O3S. The van der Waals surface area contributed by atoms with Crippen LogP contribution in [0.25, 0.3) is 0 Å². The zero-order valence-electron chi connectivity index (χ0n) is 16.9. The van der Waals surface area contributed by atoms with E-state index in [1.807, 2.05) is 32.0 Å². The number of rotatable bonds is 6. The van der Waals surface area contributed by atoms with E-state index in [2.05, 4.69) is 20.2 Å². The van der Waals surface area contributed by atoms with E-state index >= 15 is 0 Å². The Morgan fingerprint density at radius 1 is 1.00 bits per heavy atom. The minimum Gasteiger partial charge on any atom is -0.279 e. The average molecular weight is 423 g/mol. The second-order valence-corrected chi connectivity index (χ2v) is 8.51. The van der Waals surface area contributed by atoms with Gasteiger partial charge in [-0.05, 0) is 56.7 Å². The van der Waals surface area contributed by atoms with Crippen molar-refractivity contribution < 1.29 is 13.2 Å². The monoisotopic (exact) mass is 422 g/mol. The molecule has 2 aromatic carbocycles. The summed E-state index contributed by atoms with van der Waals surface area (Å²) >= 11 is 0. The van der Waals surface area contributed by atoms with Gasteiger partial charge in [-0.2, -0.15) is 5.10 Å². The van der Waals surface area contributed by atoms with Crippen molar-refractivity contribution >= 4 is 27.3 Å². The molecular weight excluding hydrogens is 400 g/mol. The average Bonchev–Trinajstić information content (AvgIpc) is 2.74. The summed E-state index contributed by atoms with van der Waals surface area (Å²) in [7, 11) is -3.85. The van der Waals surface area contributed by atoms with Crippen molar-refractivity contribution in [3.8, 4) is 0 Å². The molecule has 0 aliphatic carbocycles. The predicted molar refractivity (Wildman–Crippen MR) is 117 cm³/mol. The van der Waals surface area contributed by atoms with Crippen LogP contribution >= 0.6 is 0 Å². The molecule has 0 radical (unpaired) electrons. The number of hydrazone groups is 1. The summed E-state index contributed by atoms with van der Waals surface area (Å²) < 4.78 is 28.1. The lowest BCUT2D eigenvalue weighted by Gasteiger charge is -2.12. The number of sulfonamides is 1. The molecule has 0 spiro atoms. The summed E-state index contributed by atoms with van der Waals surface area (Å²) in [5.74, 6) is -0.512. The lowest BCUT2D eigenvalue weighted by molar-refractivity contribution is 0.0954. The van der Waals surface area contributed by atoms with Crippen LogP contribution in [-0.2, 0) is 10.0 Å². The van der Waals surface area contributed by atoms with Gasteiger partial charge in [-0.1, -0.05) is 29.8 Å². The summed E-state index contributed by atoms with van der Waals surface area (Å²) in [6.45, 7) is 5.51. The number of carbonyl (C=O) groups excluding carboxylic acids is 1. The van der Waals surface area contributed by atoms with Crippen LogP contribution in [0.4, 0.5) is 5.69 Å². The molecule has 154 valence electrons. The lowest BCUT2D eigenvalue weighted by Crippen LogP contribution is -2.20. The molecule has 7 nitrogen and oxygen atoms in total. The van der Waals surface area contributed by atoms with E-state index in [-0.39, 0.29) is 10.5 Å². The molecule has 0 atom stereocenters. The summed E-state index contributed by atoms with van der Waals surface area (Å²) in [5.41, 5.74) is 6.32. The first-order valence-electron chi connectivity index (χ1n) is 9.21. The van der Waals surface area contributed by atoms with Crippen LogP contribution < -0.4 is 10.1 Å². The number of aryl methyl sites for hydroxylation is 2. The number of nitrogens with zero attached hydrogens (tertiary/aromatic N) is 2. The third-order valence-electron chi connectivity index (χ3n) is 4.44. The highest BCUT2D eigenvalue weighted by atomic mass is 32.2. The van der Waals surface area contributed by atoms with E-state index in [4.69, 9.17) is 0 Å². The highest BCUT2D eigenvalue weighted by Gasteiger charge is 2.17. The highest BCUT2D eigenvalue weighted by molar-refractivity contribution is 7.92. The Hall–Kier alpha value is -3.52. The molecule has 0 fully saturated rings. The number of benzene rings is 2. The Labute approximate surface area is 175 Å². The Morgan fingerprint density at radius 2 is 1.77 bits per heavy atom. The second kappa shape index (κ2) is 8.87. The molecule has 8 heteroatoms. The van der Waals surface area contributed by atoms with Gasteiger partial charge in [0.1, 0.15) is 0 Å². The Bertz CT molecular complexity index is 1210. The van der Waals surface area contributed by atoms with Crippen LogP contribution in [0.2, 0.25) is 0 Å². The molecule has 3 rings (SSSR count). The van der Waals surface area contributed by atoms with Crippen molar-refractivity contribution in [3.05, 3.63) is 89.2 Å². The molecule has 0 unspecified atom stereocenters. The van der Waals surface area contributed by atoms with E-state index in [0.29, 0.717) is 11.4 Å². The van der Waals surface area contributed by atoms with Gasteiger partial charge in [0.25, 0.3) is 15.9 Å². The molecule has 0 bridgehead atoms. The second-order valence-electron chi connectivity index (χ2n) is 6.83. The lowest BCUT2D eigenvalue weighted by atomic mass is 10.1. The number of anilines is 1. The number of pyridine rings is 1. The summed E-state index contributed by atoms with van der Waals surface area (Å²) in [5, 5.41) is 4.06. The minimum absolute atomic E-state index is 0.0110. The zero-order valence-corrected chi connectivity index (χ0v) is 17.7. The Morgan fingerprint density at radius 3 is 2.47 bits per heavy atom. The van der Waals surface area contributed by atoms with E-state index < -0.39 is 15.9 Å². The maximum Gasteiger partial charge on any atom is 0.271 e. The number of hydrogen-bond donors (Lipinski definition) is 2. The van der Waals surface area contributed by atoms with Crippen molar-refractivity contribution in [1.29, 1.82) is 0 Å². The first kappa shape index (κ1) is 21.2. The maximum atomic E-state index is 12.8. The van der Waals surface area contributed by atoms with Crippen LogP contribution in [0, 0.1) is 13.8 Å². The molecule has 1 heterocycles. The van der Waals surface area contributed by atoms with Crippen LogP contribution in [0.5, 0.6) is 0 Å². The summed E-state index contributed by atoms with van der Waals surface area (Å²) in [6.07, 6.45) is 3.28. The third kappa shape index (κ3) is 5.09. The topological polar surface area (TPSA) is 101 Å². The number of amides is 1. The van der Waals surface area contributed by atoms with Crippen molar-refractivity contribution in [2.45, 2.75) is 25.7 Å². The molecule has 0 aliphatic heterocycles. The van der Waals surface area contributed by atoms with Crippen LogP contribution in [0.1, 0.15) is 34.0 Å². The molecule has 0 aliphatic rings. The molecule has 30 heavy (non-hydrogen) atoms. The summed E-state index contributed by atoms with van der Waals surface area (Å²) in [4.78, 5) is 16.5. The quantitative estimate of drug-likeness (QED) is 0.468. The molecule has 1 amide bonds. The number of aromatic nitrogens is 1. The fraction of sp³-hybridized carbons (Fsp3) is 0.136. The van der Waals surface area contributed by atoms with Crippen molar-refractivity contribution in [2.75, 3.05) is 4.72 Å². The summed E-state index contributed by atoms with van der Waals surface area (Å²) in [6, 6.07) is 14.8. The Kier molecular flexibility index (Phi) is 6.27. The standard InChI is InChI=1S/C22H22N4O3S/c1-15-9-10-21(16(2)12-15)26-30(28,29)20-8-4-6-18(13-20)22(27)25-24-17(3)19-7-5-11-23-14-19/h4-14,26H,1-3H3,(H,25,27)/b24-17+. The minimum atomic E-state index is -3.85. The number of nitrogens with one attached hydrogen (secondary N) is 2. The first-order chi connectivity index (χ1) is 14.3. The predicted octanol–water partition coefficient (Wildman–Crippen LogP) is 3.65. The Balaban J connectivity index is 1.78. The van der Waals surface area contributed by atoms with Crippen LogP contribution in [0.15, 0.2) is 77.0 Å². The molecule has 1 aromatic heterocycles. The van der Waals surface area contributed by atoms with E-state index in [1.54, 1.807) is 31.5 Å². The molecule has 0 saturated carbocycles. The number of hydrogen-bond acceptors (Lipinski definition) is 5. The van der Waals surface area contributed by atoms with E-state index in [0.717, 1.165) is 16.7 Å². The largest absolute Gasteiger partial charge is 0.279 e. The van der Waals surface area contributed by atoms with Gasteiger partial charge in [0.15, 0.2) is 0 Å². The molecule has 0 saturated heterocycles. The van der Waals surface area contributed by atoms with Gasteiger partial charge < -0.3 is 0 Å². The van der Waals surface area contributed by atoms with Crippen molar-refractivity contribution in [1.82, 2.24) is 10.4 Å². The number of carbonyl (C=O) groups is 1. The van der Waals surface area contributed by atoms with Gasteiger partial charge in [-0.15, -0.1) is 0 Å². The maximum absolute atomic E-state index is 12.8.